The van der Waals surface area contributed by atoms with Gasteiger partial charge in [-0.25, -0.2) is 0 Å². The molecule has 4 heteroatoms. The first-order valence-corrected chi connectivity index (χ1v) is 5.61. The van der Waals surface area contributed by atoms with Gasteiger partial charge in [-0.3, -0.25) is 4.79 Å². The summed E-state index contributed by atoms with van der Waals surface area (Å²) < 4.78 is 0. The van der Waals surface area contributed by atoms with Gasteiger partial charge in [0.25, 0.3) is 0 Å². The van der Waals surface area contributed by atoms with Gasteiger partial charge in [0.05, 0.1) is 6.10 Å². The monoisotopic (exact) mass is 214 g/mol. The number of aliphatic hydroxyl groups is 1. The minimum absolute atomic E-state index is 0.210. The van der Waals surface area contributed by atoms with Crippen LogP contribution >= 0.6 is 0 Å². The molecule has 0 spiro atoms. The molecule has 1 amide bonds. The minimum Gasteiger partial charge on any atom is -0.393 e. The first-order valence-electron chi connectivity index (χ1n) is 5.61. The Kier molecular flexibility index (Phi) is 4.54. The zero-order valence-corrected chi connectivity index (χ0v) is 9.94. The van der Waals surface area contributed by atoms with Gasteiger partial charge in [0.1, 0.15) is 0 Å². The van der Waals surface area contributed by atoms with E-state index in [2.05, 4.69) is 0 Å². The van der Waals surface area contributed by atoms with Crippen LogP contribution < -0.4 is 0 Å². The van der Waals surface area contributed by atoms with Crippen molar-refractivity contribution in [3.63, 3.8) is 0 Å². The fraction of sp³-hybridized carbons (Fsp3) is 0.909. The number of hydrogen-bond donors (Lipinski definition) is 1. The maximum Gasteiger partial charge on any atom is 0.223 e. The Hall–Kier alpha value is -0.610. The standard InChI is InChI=1S/C11H22N2O2/c1-9-8-13(7-4-10(9)14)11(15)5-6-12(2)3/h9-10,14H,4-8H2,1-3H3. The van der Waals surface area contributed by atoms with Gasteiger partial charge in [-0.15, -0.1) is 0 Å². The number of hydrogen-bond acceptors (Lipinski definition) is 3. The molecule has 0 aliphatic carbocycles. The Labute approximate surface area is 91.9 Å². The molecule has 1 aliphatic heterocycles. The van der Waals surface area contributed by atoms with Gasteiger partial charge in [0.2, 0.25) is 5.91 Å². The van der Waals surface area contributed by atoms with E-state index in [1.165, 1.54) is 0 Å². The highest BCUT2D eigenvalue weighted by Gasteiger charge is 2.26. The molecule has 2 unspecified atom stereocenters. The van der Waals surface area contributed by atoms with Gasteiger partial charge in [0, 0.05) is 26.1 Å². The van der Waals surface area contributed by atoms with E-state index in [4.69, 9.17) is 0 Å². The molecule has 1 saturated heterocycles. The lowest BCUT2D eigenvalue weighted by molar-refractivity contribution is -0.134. The molecule has 0 radical (unpaired) electrons. The number of piperidine rings is 1. The summed E-state index contributed by atoms with van der Waals surface area (Å²) in [5, 5.41) is 9.55. The molecule has 1 rings (SSSR count). The molecule has 15 heavy (non-hydrogen) atoms. The van der Waals surface area contributed by atoms with Gasteiger partial charge >= 0.3 is 0 Å². The molecule has 0 aromatic rings. The van der Waals surface area contributed by atoms with Crippen LogP contribution in [-0.4, -0.2) is 60.6 Å². The summed E-state index contributed by atoms with van der Waals surface area (Å²) >= 11 is 0. The van der Waals surface area contributed by atoms with E-state index >= 15 is 0 Å². The van der Waals surface area contributed by atoms with E-state index in [9.17, 15) is 9.90 Å². The fourth-order valence-electron chi connectivity index (χ4n) is 1.84. The Morgan fingerprint density at radius 2 is 2.20 bits per heavy atom. The number of likely N-dealkylation sites (tertiary alicyclic amines) is 1. The zero-order valence-electron chi connectivity index (χ0n) is 9.94. The lowest BCUT2D eigenvalue weighted by Crippen LogP contribution is -2.45. The molecular formula is C11H22N2O2. The highest BCUT2D eigenvalue weighted by Crippen LogP contribution is 2.17. The molecule has 0 saturated carbocycles. The van der Waals surface area contributed by atoms with Crippen molar-refractivity contribution in [3.05, 3.63) is 0 Å². The third kappa shape index (κ3) is 3.80. The lowest BCUT2D eigenvalue weighted by Gasteiger charge is -2.34. The van der Waals surface area contributed by atoms with Crippen LogP contribution in [0, 0.1) is 5.92 Å². The van der Waals surface area contributed by atoms with Crippen molar-refractivity contribution < 1.29 is 9.90 Å². The van der Waals surface area contributed by atoms with Crippen LogP contribution in [0.15, 0.2) is 0 Å². The van der Waals surface area contributed by atoms with Crippen LogP contribution in [0.2, 0.25) is 0 Å². The molecule has 2 atom stereocenters. The molecule has 88 valence electrons. The molecule has 0 aromatic carbocycles. The average molecular weight is 214 g/mol. The normalized spacial score (nSPS) is 27.1. The van der Waals surface area contributed by atoms with Gasteiger partial charge in [-0.05, 0) is 26.4 Å². The molecule has 0 bridgehead atoms. The number of amides is 1. The summed E-state index contributed by atoms with van der Waals surface area (Å²) in [6.45, 7) is 4.20. The summed E-state index contributed by atoms with van der Waals surface area (Å²) in [6, 6.07) is 0. The minimum atomic E-state index is -0.233. The molecule has 0 aromatic heterocycles. The number of carbonyl (C=O) groups is 1. The molecule has 1 fully saturated rings. The second-order valence-electron chi connectivity index (χ2n) is 4.73. The van der Waals surface area contributed by atoms with Crippen LogP contribution in [0.25, 0.3) is 0 Å². The highest BCUT2D eigenvalue weighted by atomic mass is 16.3. The van der Waals surface area contributed by atoms with E-state index < -0.39 is 0 Å². The van der Waals surface area contributed by atoms with Gasteiger partial charge in [-0.1, -0.05) is 6.92 Å². The highest BCUT2D eigenvalue weighted by molar-refractivity contribution is 5.76. The smallest absolute Gasteiger partial charge is 0.223 e. The number of rotatable bonds is 3. The first kappa shape index (κ1) is 12.5. The molecule has 1 aliphatic rings. The Bertz CT molecular complexity index is 219. The summed E-state index contributed by atoms with van der Waals surface area (Å²) in [5.74, 6) is 0.421. The summed E-state index contributed by atoms with van der Waals surface area (Å²) in [6.07, 6.45) is 1.06. The Morgan fingerprint density at radius 3 is 2.73 bits per heavy atom. The van der Waals surface area contributed by atoms with Crippen molar-refractivity contribution in [2.45, 2.75) is 25.9 Å². The van der Waals surface area contributed by atoms with Crippen LogP contribution in [0.4, 0.5) is 0 Å². The van der Waals surface area contributed by atoms with E-state index in [1.54, 1.807) is 0 Å². The van der Waals surface area contributed by atoms with Crippen molar-refractivity contribution in [1.29, 1.82) is 0 Å². The maximum absolute atomic E-state index is 11.8. The number of aliphatic hydroxyl groups excluding tert-OH is 1. The van der Waals surface area contributed by atoms with E-state index in [0.29, 0.717) is 19.5 Å². The molecular weight excluding hydrogens is 192 g/mol. The van der Waals surface area contributed by atoms with Gasteiger partial charge in [0.15, 0.2) is 0 Å². The van der Waals surface area contributed by atoms with E-state index in [1.807, 2.05) is 30.8 Å². The SMILES string of the molecule is CC1CN(C(=O)CCN(C)C)CCC1O. The van der Waals surface area contributed by atoms with Crippen molar-refractivity contribution in [2.24, 2.45) is 5.92 Å². The maximum atomic E-state index is 11.8. The fourth-order valence-corrected chi connectivity index (χ4v) is 1.84. The van der Waals surface area contributed by atoms with Gasteiger partial charge in [-0.2, -0.15) is 0 Å². The third-order valence-corrected chi connectivity index (χ3v) is 2.99. The average Bonchev–Trinajstić information content (AvgIpc) is 2.18. The number of carbonyl (C=O) groups excluding carboxylic acids is 1. The summed E-state index contributed by atoms with van der Waals surface area (Å²) in [4.78, 5) is 15.7. The van der Waals surface area contributed by atoms with Crippen LogP contribution in [0.3, 0.4) is 0 Å². The van der Waals surface area contributed by atoms with Crippen molar-refractivity contribution in [2.75, 3.05) is 33.7 Å². The Balaban J connectivity index is 2.34. The molecule has 4 nitrogen and oxygen atoms in total. The second-order valence-corrected chi connectivity index (χ2v) is 4.73. The Morgan fingerprint density at radius 1 is 1.53 bits per heavy atom. The topological polar surface area (TPSA) is 43.8 Å². The van der Waals surface area contributed by atoms with Crippen LogP contribution in [-0.2, 0) is 4.79 Å². The largest absolute Gasteiger partial charge is 0.393 e. The van der Waals surface area contributed by atoms with E-state index in [0.717, 1.165) is 13.0 Å². The van der Waals surface area contributed by atoms with Gasteiger partial charge < -0.3 is 14.9 Å². The van der Waals surface area contributed by atoms with Crippen LogP contribution in [0.5, 0.6) is 0 Å². The zero-order chi connectivity index (χ0) is 11.4. The van der Waals surface area contributed by atoms with Crippen molar-refractivity contribution in [3.8, 4) is 0 Å². The number of nitrogens with zero attached hydrogens (tertiary/aromatic N) is 2. The summed E-state index contributed by atoms with van der Waals surface area (Å²) in [7, 11) is 3.94. The van der Waals surface area contributed by atoms with Crippen LogP contribution in [0.1, 0.15) is 19.8 Å². The van der Waals surface area contributed by atoms with E-state index in [-0.39, 0.29) is 17.9 Å². The molecule has 1 N–H and O–H groups in total. The summed E-state index contributed by atoms with van der Waals surface area (Å²) in [5.41, 5.74) is 0. The predicted octanol–water partition coefficient (Wildman–Crippen LogP) is 0.167. The molecule has 1 heterocycles. The van der Waals surface area contributed by atoms with Crippen molar-refractivity contribution >= 4 is 5.91 Å². The third-order valence-electron chi connectivity index (χ3n) is 2.99. The quantitative estimate of drug-likeness (QED) is 0.728. The predicted molar refractivity (Wildman–Crippen MR) is 59.5 cm³/mol. The van der Waals surface area contributed by atoms with Crippen molar-refractivity contribution in [1.82, 2.24) is 9.80 Å². The first-order chi connectivity index (χ1) is 7.00. The second kappa shape index (κ2) is 5.47. The lowest BCUT2D eigenvalue weighted by atomic mass is 9.96.